The van der Waals surface area contributed by atoms with Crippen LogP contribution in [0.3, 0.4) is 0 Å². The van der Waals surface area contributed by atoms with Crippen LogP contribution in [0.4, 0.5) is 0 Å². The maximum atomic E-state index is 10.7. The fraction of sp³-hybridized carbons (Fsp3) is 0.429. The van der Waals surface area contributed by atoms with Crippen molar-refractivity contribution in [2.75, 3.05) is 26.9 Å². The molecule has 0 aliphatic heterocycles. The van der Waals surface area contributed by atoms with Crippen LogP contribution in [0.25, 0.3) is 22.4 Å². The van der Waals surface area contributed by atoms with Crippen LogP contribution in [0.15, 0.2) is 54.6 Å². The topological polar surface area (TPSA) is 93.8 Å². The predicted molar refractivity (Wildman–Crippen MR) is 134 cm³/mol. The number of aromatic nitrogens is 2. The van der Waals surface area contributed by atoms with Gasteiger partial charge in [-0.2, -0.15) is 5.10 Å². The minimum absolute atomic E-state index is 0.0462. The molecule has 2 N–H and O–H groups in total. The molecule has 3 aromatic rings. The SMILES string of the molecule is COc1cccc(-c2c(-c3ccccc3)nn(CC3CCC(COCC(=O)O)CC3)c2CCO)c1. The third-order valence-corrected chi connectivity index (χ3v) is 6.79. The Bertz CT molecular complexity index is 1100. The second kappa shape index (κ2) is 12.0. The van der Waals surface area contributed by atoms with E-state index in [9.17, 15) is 9.90 Å². The summed E-state index contributed by atoms with van der Waals surface area (Å²) in [4.78, 5) is 10.7. The third-order valence-electron chi connectivity index (χ3n) is 6.79. The third kappa shape index (κ3) is 6.29. The number of aliphatic hydroxyl groups excluding tert-OH is 1. The molecular weight excluding hydrogens is 444 g/mol. The number of aliphatic hydroxyl groups is 1. The number of carbonyl (C=O) groups is 1. The lowest BCUT2D eigenvalue weighted by Crippen LogP contribution is -2.24. The Morgan fingerprint density at radius 2 is 1.74 bits per heavy atom. The second-order valence-corrected chi connectivity index (χ2v) is 9.22. The van der Waals surface area contributed by atoms with Gasteiger partial charge in [-0.3, -0.25) is 4.68 Å². The molecule has 2 aromatic carbocycles. The quantitative estimate of drug-likeness (QED) is 0.416. The van der Waals surface area contributed by atoms with Gasteiger partial charge in [0, 0.05) is 36.4 Å². The van der Waals surface area contributed by atoms with Crippen LogP contribution in [-0.2, 0) is 22.5 Å². The van der Waals surface area contributed by atoms with Crippen molar-refractivity contribution in [1.82, 2.24) is 9.78 Å². The van der Waals surface area contributed by atoms with Crippen molar-refractivity contribution in [3.63, 3.8) is 0 Å². The Hall–Kier alpha value is -3.16. The first kappa shape index (κ1) is 24.9. The zero-order chi connectivity index (χ0) is 24.6. The van der Waals surface area contributed by atoms with Crippen molar-refractivity contribution in [1.29, 1.82) is 0 Å². The fourth-order valence-corrected chi connectivity index (χ4v) is 5.03. The average molecular weight is 479 g/mol. The number of methoxy groups -OCH3 is 1. The normalized spacial score (nSPS) is 17.9. The number of carboxylic acid groups (broad SMARTS) is 1. The highest BCUT2D eigenvalue weighted by molar-refractivity contribution is 5.83. The van der Waals surface area contributed by atoms with Crippen molar-refractivity contribution >= 4 is 5.97 Å². The maximum absolute atomic E-state index is 10.7. The number of benzene rings is 2. The monoisotopic (exact) mass is 478 g/mol. The van der Waals surface area contributed by atoms with Gasteiger partial charge in [-0.15, -0.1) is 0 Å². The zero-order valence-electron chi connectivity index (χ0n) is 20.2. The van der Waals surface area contributed by atoms with Crippen LogP contribution in [-0.4, -0.2) is 52.9 Å². The standard InChI is InChI=1S/C28H34N2O5/c1-34-24-9-5-8-23(16-24)27-25(14-15-31)30(29-28(27)22-6-3-2-4-7-22)17-20-10-12-21(13-11-20)18-35-19-26(32)33/h2-9,16,20-21,31H,10-15,17-19H2,1H3,(H,32,33). The van der Waals surface area contributed by atoms with E-state index in [2.05, 4.69) is 22.9 Å². The fourth-order valence-electron chi connectivity index (χ4n) is 5.03. The molecule has 4 rings (SSSR count). The van der Waals surface area contributed by atoms with Crippen LogP contribution < -0.4 is 4.74 Å². The van der Waals surface area contributed by atoms with Crippen molar-refractivity contribution in [3.8, 4) is 28.1 Å². The molecule has 35 heavy (non-hydrogen) atoms. The van der Waals surface area contributed by atoms with Crippen LogP contribution in [0, 0.1) is 11.8 Å². The molecular formula is C28H34N2O5. The van der Waals surface area contributed by atoms with Crippen molar-refractivity contribution in [2.45, 2.75) is 38.6 Å². The number of nitrogens with zero attached hydrogens (tertiary/aromatic N) is 2. The van der Waals surface area contributed by atoms with E-state index < -0.39 is 5.97 Å². The Balaban J connectivity index is 1.60. The molecule has 0 unspecified atom stereocenters. The predicted octanol–water partition coefficient (Wildman–Crippen LogP) is 4.67. The number of hydrogen-bond donors (Lipinski definition) is 2. The van der Waals surface area contributed by atoms with Crippen LogP contribution in [0.1, 0.15) is 31.4 Å². The molecule has 1 aliphatic rings. The van der Waals surface area contributed by atoms with Gasteiger partial charge in [0.05, 0.1) is 13.7 Å². The molecule has 1 saturated carbocycles. The molecule has 1 aromatic heterocycles. The van der Waals surface area contributed by atoms with Gasteiger partial charge in [0.1, 0.15) is 18.1 Å². The maximum Gasteiger partial charge on any atom is 0.329 e. The zero-order valence-corrected chi connectivity index (χ0v) is 20.2. The van der Waals surface area contributed by atoms with E-state index in [0.29, 0.717) is 24.9 Å². The van der Waals surface area contributed by atoms with E-state index in [1.54, 1.807) is 7.11 Å². The summed E-state index contributed by atoms with van der Waals surface area (Å²) in [5.74, 6) is 0.750. The molecule has 0 amide bonds. The first-order chi connectivity index (χ1) is 17.1. The minimum Gasteiger partial charge on any atom is -0.497 e. The highest BCUT2D eigenvalue weighted by atomic mass is 16.5. The lowest BCUT2D eigenvalue weighted by atomic mass is 9.82. The number of ether oxygens (including phenoxy) is 2. The molecule has 7 heteroatoms. The number of rotatable bonds is 11. The Kier molecular flexibility index (Phi) is 8.55. The number of aliphatic carboxylic acids is 1. The van der Waals surface area contributed by atoms with Crippen molar-refractivity contribution in [2.24, 2.45) is 11.8 Å². The van der Waals surface area contributed by atoms with Crippen molar-refractivity contribution < 1.29 is 24.5 Å². The van der Waals surface area contributed by atoms with Crippen LogP contribution in [0.5, 0.6) is 5.75 Å². The Morgan fingerprint density at radius 1 is 1.03 bits per heavy atom. The van der Waals surface area contributed by atoms with Crippen molar-refractivity contribution in [3.05, 3.63) is 60.3 Å². The van der Waals surface area contributed by atoms with E-state index in [-0.39, 0.29) is 13.2 Å². The summed E-state index contributed by atoms with van der Waals surface area (Å²) < 4.78 is 12.9. The minimum atomic E-state index is -0.921. The molecule has 1 fully saturated rings. The summed E-state index contributed by atoms with van der Waals surface area (Å²) in [7, 11) is 1.67. The Morgan fingerprint density at radius 3 is 2.43 bits per heavy atom. The van der Waals surface area contributed by atoms with E-state index in [1.165, 1.54) is 0 Å². The smallest absolute Gasteiger partial charge is 0.329 e. The largest absolute Gasteiger partial charge is 0.497 e. The van der Waals surface area contributed by atoms with Gasteiger partial charge in [0.2, 0.25) is 0 Å². The highest BCUT2D eigenvalue weighted by Crippen LogP contribution is 2.38. The second-order valence-electron chi connectivity index (χ2n) is 9.22. The van der Waals surface area contributed by atoms with Gasteiger partial charge in [-0.25, -0.2) is 4.79 Å². The van der Waals surface area contributed by atoms with Gasteiger partial charge in [0.25, 0.3) is 0 Å². The van der Waals surface area contributed by atoms with Gasteiger partial charge < -0.3 is 19.7 Å². The summed E-state index contributed by atoms with van der Waals surface area (Å²) in [5.41, 5.74) is 5.06. The van der Waals surface area contributed by atoms with E-state index in [4.69, 9.17) is 19.7 Å². The molecule has 1 aliphatic carbocycles. The number of hydrogen-bond acceptors (Lipinski definition) is 5. The first-order valence-corrected chi connectivity index (χ1v) is 12.3. The molecule has 7 nitrogen and oxygen atoms in total. The van der Waals surface area contributed by atoms with Gasteiger partial charge in [-0.05, 0) is 55.2 Å². The van der Waals surface area contributed by atoms with Gasteiger partial charge >= 0.3 is 5.97 Å². The van der Waals surface area contributed by atoms with Gasteiger partial charge in [0.15, 0.2) is 0 Å². The molecule has 0 atom stereocenters. The van der Waals surface area contributed by atoms with Gasteiger partial charge in [-0.1, -0.05) is 42.5 Å². The van der Waals surface area contributed by atoms with E-state index in [1.807, 2.05) is 36.4 Å². The first-order valence-electron chi connectivity index (χ1n) is 12.3. The Labute approximate surface area is 206 Å². The van der Waals surface area contributed by atoms with Crippen LogP contribution in [0.2, 0.25) is 0 Å². The number of carboxylic acids is 1. The lowest BCUT2D eigenvalue weighted by molar-refractivity contribution is -0.142. The summed E-state index contributed by atoms with van der Waals surface area (Å²) in [6.07, 6.45) is 4.67. The summed E-state index contributed by atoms with van der Waals surface area (Å²) >= 11 is 0. The summed E-state index contributed by atoms with van der Waals surface area (Å²) in [6.45, 7) is 1.12. The lowest BCUT2D eigenvalue weighted by Gasteiger charge is -2.28. The molecule has 0 spiro atoms. The summed E-state index contributed by atoms with van der Waals surface area (Å²) in [5, 5.41) is 23.8. The summed E-state index contributed by atoms with van der Waals surface area (Å²) in [6, 6.07) is 18.2. The van der Waals surface area contributed by atoms with E-state index >= 15 is 0 Å². The highest BCUT2D eigenvalue weighted by Gasteiger charge is 2.26. The molecule has 0 bridgehead atoms. The molecule has 186 valence electrons. The average Bonchev–Trinajstić information content (AvgIpc) is 3.23. The van der Waals surface area contributed by atoms with E-state index in [0.717, 1.165) is 66.1 Å². The molecule has 0 radical (unpaired) electrons. The molecule has 1 heterocycles. The van der Waals surface area contributed by atoms with Crippen LogP contribution >= 0.6 is 0 Å². The molecule has 0 saturated heterocycles.